The number of amides is 2. The number of aromatic nitrogens is 4. The maximum Gasteiger partial charge on any atom is 0.313 e. The van der Waals surface area contributed by atoms with E-state index in [-0.39, 0.29) is 6.04 Å². The molecule has 3 rings (SSSR count). The first kappa shape index (κ1) is 18.8. The fourth-order valence-corrected chi connectivity index (χ4v) is 3.22. The van der Waals surface area contributed by atoms with Gasteiger partial charge in [0.25, 0.3) is 0 Å². The van der Waals surface area contributed by atoms with Gasteiger partial charge in [0.15, 0.2) is 5.82 Å². The molecule has 144 valence electrons. The van der Waals surface area contributed by atoms with Crippen LogP contribution in [0.4, 0.5) is 5.69 Å². The van der Waals surface area contributed by atoms with E-state index in [4.69, 9.17) is 4.74 Å². The second-order valence-electron chi connectivity index (χ2n) is 6.94. The predicted molar refractivity (Wildman–Crippen MR) is 98.0 cm³/mol. The maximum absolute atomic E-state index is 12.7. The number of pyridine rings is 1. The number of hydrogen-bond acceptors (Lipinski definition) is 6. The number of rotatable bonds is 5. The topological polar surface area (TPSA) is 102 Å². The van der Waals surface area contributed by atoms with Crippen molar-refractivity contribution in [3.63, 3.8) is 0 Å². The quantitative estimate of drug-likeness (QED) is 0.801. The minimum atomic E-state index is -0.691. The van der Waals surface area contributed by atoms with Crippen molar-refractivity contribution >= 4 is 17.5 Å². The molecule has 3 heterocycles. The summed E-state index contributed by atoms with van der Waals surface area (Å²) in [7, 11) is 1.51. The molecule has 0 spiro atoms. The van der Waals surface area contributed by atoms with Crippen molar-refractivity contribution in [1.29, 1.82) is 0 Å². The molecule has 0 radical (unpaired) electrons. The summed E-state index contributed by atoms with van der Waals surface area (Å²) in [5.74, 6) is 0.323. The number of hydrogen-bond donors (Lipinski definition) is 1. The van der Waals surface area contributed by atoms with Crippen molar-refractivity contribution < 1.29 is 14.3 Å². The number of anilines is 1. The van der Waals surface area contributed by atoms with Crippen molar-refractivity contribution in [2.75, 3.05) is 19.0 Å². The zero-order valence-corrected chi connectivity index (χ0v) is 15.8. The molecule has 27 heavy (non-hydrogen) atoms. The van der Waals surface area contributed by atoms with Gasteiger partial charge in [0, 0.05) is 19.2 Å². The molecule has 2 amide bonds. The third-order valence-electron chi connectivity index (χ3n) is 4.42. The van der Waals surface area contributed by atoms with E-state index in [2.05, 4.69) is 34.3 Å². The lowest BCUT2D eigenvalue weighted by Crippen LogP contribution is -2.40. The van der Waals surface area contributed by atoms with Gasteiger partial charge < -0.3 is 19.5 Å². The summed E-state index contributed by atoms with van der Waals surface area (Å²) < 4.78 is 6.95. The SMILES string of the molecule is COc1ccc(NC(=O)C(=O)N2CCC[C@@H]2c2nncn2CC(C)C)cn1. The number of nitrogens with one attached hydrogen (secondary N) is 1. The molecule has 1 N–H and O–H groups in total. The summed E-state index contributed by atoms with van der Waals surface area (Å²) >= 11 is 0. The van der Waals surface area contributed by atoms with Crippen LogP contribution in [-0.4, -0.2) is 50.1 Å². The zero-order valence-electron chi connectivity index (χ0n) is 15.8. The Bertz CT molecular complexity index is 802. The van der Waals surface area contributed by atoms with Crippen molar-refractivity contribution in [3.8, 4) is 5.88 Å². The van der Waals surface area contributed by atoms with E-state index in [0.717, 1.165) is 25.2 Å². The third kappa shape index (κ3) is 4.24. The van der Waals surface area contributed by atoms with Crippen molar-refractivity contribution in [2.45, 2.75) is 39.3 Å². The molecule has 0 bridgehead atoms. The Kier molecular flexibility index (Phi) is 5.68. The van der Waals surface area contributed by atoms with Crippen LogP contribution in [0, 0.1) is 5.92 Å². The molecule has 0 saturated carbocycles. The number of carbonyl (C=O) groups is 2. The maximum atomic E-state index is 12.7. The van der Waals surface area contributed by atoms with E-state index in [9.17, 15) is 9.59 Å². The van der Waals surface area contributed by atoms with Crippen LogP contribution >= 0.6 is 0 Å². The molecule has 9 nitrogen and oxygen atoms in total. The summed E-state index contributed by atoms with van der Waals surface area (Å²) in [6, 6.07) is 3.02. The van der Waals surface area contributed by atoms with E-state index in [1.54, 1.807) is 23.4 Å². The van der Waals surface area contributed by atoms with E-state index in [0.29, 0.717) is 24.0 Å². The lowest BCUT2D eigenvalue weighted by molar-refractivity contribution is -0.143. The second-order valence-corrected chi connectivity index (χ2v) is 6.94. The predicted octanol–water partition coefficient (Wildman–Crippen LogP) is 1.64. The molecule has 0 unspecified atom stereocenters. The average molecular weight is 372 g/mol. The van der Waals surface area contributed by atoms with Crippen LogP contribution in [0.2, 0.25) is 0 Å². The first-order valence-electron chi connectivity index (χ1n) is 8.99. The molecule has 0 aliphatic carbocycles. The molecule has 1 aliphatic rings. The molecule has 1 atom stereocenters. The second kappa shape index (κ2) is 8.15. The smallest absolute Gasteiger partial charge is 0.313 e. The summed E-state index contributed by atoms with van der Waals surface area (Å²) in [5, 5.41) is 10.8. The molecule has 2 aromatic heterocycles. The number of ether oxygens (including phenoxy) is 1. The number of carbonyl (C=O) groups excluding carboxylic acids is 2. The highest BCUT2D eigenvalue weighted by molar-refractivity contribution is 6.39. The fraction of sp³-hybridized carbons (Fsp3) is 0.500. The monoisotopic (exact) mass is 372 g/mol. The van der Waals surface area contributed by atoms with Crippen molar-refractivity contribution in [1.82, 2.24) is 24.6 Å². The molecule has 1 saturated heterocycles. The van der Waals surface area contributed by atoms with Crippen molar-refractivity contribution in [3.05, 3.63) is 30.5 Å². The first-order valence-corrected chi connectivity index (χ1v) is 8.99. The zero-order chi connectivity index (χ0) is 19.4. The van der Waals surface area contributed by atoms with Crippen LogP contribution in [-0.2, 0) is 16.1 Å². The van der Waals surface area contributed by atoms with Gasteiger partial charge in [-0.2, -0.15) is 0 Å². The molecular weight excluding hydrogens is 348 g/mol. The normalized spacial score (nSPS) is 16.6. The van der Waals surface area contributed by atoms with E-state index in [1.807, 2.05) is 4.57 Å². The van der Waals surface area contributed by atoms with Crippen LogP contribution in [0.1, 0.15) is 38.6 Å². The number of likely N-dealkylation sites (tertiary alicyclic amines) is 1. The van der Waals surface area contributed by atoms with Gasteiger partial charge in [-0.1, -0.05) is 13.8 Å². The van der Waals surface area contributed by atoms with Gasteiger partial charge in [-0.3, -0.25) is 9.59 Å². The molecule has 1 aliphatic heterocycles. The minimum Gasteiger partial charge on any atom is -0.481 e. The van der Waals surface area contributed by atoms with Gasteiger partial charge in [0.05, 0.1) is 25.0 Å². The standard InChI is InChI=1S/C18H24N6O3/c1-12(2)10-23-11-20-22-16(23)14-5-4-8-24(14)18(26)17(25)21-13-6-7-15(27-3)19-9-13/h6-7,9,11-12,14H,4-5,8,10H2,1-3H3,(H,21,25)/t14-/m1/s1. The summed E-state index contributed by atoms with van der Waals surface area (Å²) in [6.45, 7) is 5.51. The lowest BCUT2D eigenvalue weighted by atomic mass is 10.2. The summed E-state index contributed by atoms with van der Waals surface area (Å²) in [5.41, 5.74) is 0.438. The number of nitrogens with zero attached hydrogens (tertiary/aromatic N) is 5. The highest BCUT2D eigenvalue weighted by atomic mass is 16.5. The van der Waals surface area contributed by atoms with E-state index in [1.165, 1.54) is 13.3 Å². The van der Waals surface area contributed by atoms with Crippen LogP contribution in [0.5, 0.6) is 5.88 Å². The Morgan fingerprint density at radius 1 is 1.37 bits per heavy atom. The summed E-state index contributed by atoms with van der Waals surface area (Å²) in [6.07, 6.45) is 4.71. The van der Waals surface area contributed by atoms with Gasteiger partial charge in [-0.05, 0) is 24.8 Å². The average Bonchev–Trinajstić information content (AvgIpc) is 3.30. The minimum absolute atomic E-state index is 0.238. The van der Waals surface area contributed by atoms with Crippen LogP contribution in [0.3, 0.4) is 0 Å². The van der Waals surface area contributed by atoms with Gasteiger partial charge in [0.1, 0.15) is 6.33 Å². The van der Waals surface area contributed by atoms with Gasteiger partial charge >= 0.3 is 11.8 Å². The molecular formula is C18H24N6O3. The molecule has 2 aromatic rings. The molecule has 9 heteroatoms. The highest BCUT2D eigenvalue weighted by Gasteiger charge is 2.36. The largest absolute Gasteiger partial charge is 0.481 e. The fourth-order valence-electron chi connectivity index (χ4n) is 3.22. The molecule has 1 fully saturated rings. The van der Waals surface area contributed by atoms with Gasteiger partial charge in [-0.15, -0.1) is 10.2 Å². The first-order chi connectivity index (χ1) is 13.0. The molecule has 0 aromatic carbocycles. The van der Waals surface area contributed by atoms with Gasteiger partial charge in [-0.25, -0.2) is 4.98 Å². The number of methoxy groups -OCH3 is 1. The van der Waals surface area contributed by atoms with Crippen molar-refractivity contribution in [2.24, 2.45) is 5.92 Å². The van der Waals surface area contributed by atoms with Gasteiger partial charge in [0.2, 0.25) is 5.88 Å². The van der Waals surface area contributed by atoms with E-state index < -0.39 is 11.8 Å². The highest BCUT2D eigenvalue weighted by Crippen LogP contribution is 2.31. The Labute approximate surface area is 157 Å². The van der Waals surface area contributed by atoms with Crippen LogP contribution < -0.4 is 10.1 Å². The Balaban J connectivity index is 1.71. The Morgan fingerprint density at radius 2 is 2.19 bits per heavy atom. The Morgan fingerprint density at radius 3 is 2.85 bits per heavy atom. The Hall–Kier alpha value is -2.97. The summed E-state index contributed by atoms with van der Waals surface area (Å²) in [4.78, 5) is 30.7. The third-order valence-corrected chi connectivity index (χ3v) is 4.42. The lowest BCUT2D eigenvalue weighted by Gasteiger charge is -2.24. The van der Waals surface area contributed by atoms with Crippen LogP contribution in [0.15, 0.2) is 24.7 Å². The van der Waals surface area contributed by atoms with E-state index >= 15 is 0 Å². The van der Waals surface area contributed by atoms with Crippen LogP contribution in [0.25, 0.3) is 0 Å².